The van der Waals surface area contributed by atoms with Gasteiger partial charge in [0, 0.05) is 55.4 Å². The number of ether oxygens (including phenoxy) is 2. The second-order valence-corrected chi connectivity index (χ2v) is 18.8. The molecule has 0 bridgehead atoms. The summed E-state index contributed by atoms with van der Waals surface area (Å²) >= 11 is 0. The molecule has 4 amide bonds. The topological polar surface area (TPSA) is 177 Å². The Morgan fingerprint density at radius 2 is 1.86 bits per heavy atom. The van der Waals surface area contributed by atoms with Crippen LogP contribution in [-0.2, 0) is 29.2 Å². The first-order valence-corrected chi connectivity index (χ1v) is 20.9. The van der Waals surface area contributed by atoms with E-state index in [0.717, 1.165) is 4.90 Å². The van der Waals surface area contributed by atoms with Crippen molar-refractivity contribution in [3.8, 4) is 22.9 Å². The van der Waals surface area contributed by atoms with Crippen molar-refractivity contribution in [3.63, 3.8) is 0 Å². The van der Waals surface area contributed by atoms with Crippen molar-refractivity contribution in [1.82, 2.24) is 29.8 Å². The van der Waals surface area contributed by atoms with Crippen LogP contribution >= 0.6 is 0 Å². The number of aromatic nitrogens is 2. The van der Waals surface area contributed by atoms with Gasteiger partial charge in [-0.25, -0.2) is 22.2 Å². The summed E-state index contributed by atoms with van der Waals surface area (Å²) < 4.78 is 68.0. The summed E-state index contributed by atoms with van der Waals surface area (Å²) in [5, 5.41) is 2.71. The standard InChI is InChI=1S/C41H48F2N6O8S/c1-6-24-21-41(24,38(53)47-58(54,55)27-11-12-27)46-36(51)33-18-26(22-49(33)37(52)29(39(2,3)4)19-35(50)48-16-14-40(42,43)23-48)57-34-20-32(30-9-7-8-15-44-30)45-31-17-25(56-5)10-13-28(31)34/h6-10,13,15,17,20,24,26-27,29,33H,1,11-12,14,16,18-19,21-23H2,2-5H3,(H,46,51)(H,47,53)/t24?,26-,29-,33+,41-/m1/s1. The van der Waals surface area contributed by atoms with Gasteiger partial charge in [-0.3, -0.25) is 28.9 Å². The maximum Gasteiger partial charge on any atom is 0.267 e. The lowest BCUT2D eigenvalue weighted by atomic mass is 9.77. The van der Waals surface area contributed by atoms with Gasteiger partial charge in [0.15, 0.2) is 0 Å². The molecule has 4 heterocycles. The number of nitrogens with zero attached hydrogens (tertiary/aromatic N) is 4. The van der Waals surface area contributed by atoms with Crippen LogP contribution in [0.1, 0.15) is 59.3 Å². The van der Waals surface area contributed by atoms with E-state index in [-0.39, 0.29) is 32.4 Å². The van der Waals surface area contributed by atoms with Gasteiger partial charge in [0.05, 0.1) is 48.3 Å². The van der Waals surface area contributed by atoms with Crippen LogP contribution in [0.4, 0.5) is 8.78 Å². The Labute approximate surface area is 335 Å². The van der Waals surface area contributed by atoms with E-state index in [2.05, 4.69) is 21.6 Å². The van der Waals surface area contributed by atoms with Gasteiger partial charge in [0.1, 0.15) is 29.2 Å². The van der Waals surface area contributed by atoms with Crippen molar-refractivity contribution in [2.24, 2.45) is 17.3 Å². The number of hydrogen-bond acceptors (Lipinski definition) is 10. The number of likely N-dealkylation sites (tertiary alicyclic amines) is 2. The quantitative estimate of drug-likeness (QED) is 0.237. The van der Waals surface area contributed by atoms with Gasteiger partial charge in [0.2, 0.25) is 27.7 Å². The lowest BCUT2D eigenvalue weighted by molar-refractivity contribution is -0.148. The molecule has 5 atom stereocenters. The zero-order valence-corrected chi connectivity index (χ0v) is 33.7. The number of nitrogens with one attached hydrogen (secondary N) is 2. The fraction of sp³-hybridized carbons (Fsp3) is 0.512. The first kappa shape index (κ1) is 41.0. The van der Waals surface area contributed by atoms with Crippen LogP contribution in [0.3, 0.4) is 0 Å². The van der Waals surface area contributed by atoms with E-state index in [4.69, 9.17) is 14.5 Å². The number of fused-ring (bicyclic) bond motifs is 1. The van der Waals surface area contributed by atoms with E-state index in [1.807, 2.05) is 6.07 Å². The number of carbonyl (C=O) groups is 4. The number of amides is 4. The Balaban J connectivity index is 1.21. The molecule has 1 unspecified atom stereocenters. The van der Waals surface area contributed by atoms with Gasteiger partial charge in [-0.2, -0.15) is 0 Å². The molecule has 0 radical (unpaired) electrons. The molecule has 2 aliphatic carbocycles. The molecule has 7 rings (SSSR count). The molecular weight excluding hydrogens is 775 g/mol. The lowest BCUT2D eigenvalue weighted by Gasteiger charge is -2.35. The highest BCUT2D eigenvalue weighted by Crippen LogP contribution is 2.46. The number of alkyl halides is 2. The molecule has 4 fully saturated rings. The summed E-state index contributed by atoms with van der Waals surface area (Å²) in [5.41, 5.74) is -0.870. The molecule has 14 nitrogen and oxygen atoms in total. The van der Waals surface area contributed by atoms with Crippen molar-refractivity contribution in [1.29, 1.82) is 0 Å². The number of carbonyl (C=O) groups excluding carboxylic acids is 4. The van der Waals surface area contributed by atoms with E-state index in [9.17, 15) is 36.4 Å². The second kappa shape index (κ2) is 15.2. The third-order valence-electron chi connectivity index (χ3n) is 11.5. The molecule has 2 aliphatic heterocycles. The summed E-state index contributed by atoms with van der Waals surface area (Å²) in [5.74, 6) is -6.46. The van der Waals surface area contributed by atoms with E-state index in [1.54, 1.807) is 63.4 Å². The Kier molecular flexibility index (Phi) is 10.7. The minimum Gasteiger partial charge on any atom is -0.497 e. The second-order valence-electron chi connectivity index (χ2n) is 16.8. The smallest absolute Gasteiger partial charge is 0.267 e. The maximum absolute atomic E-state index is 14.8. The predicted molar refractivity (Wildman–Crippen MR) is 209 cm³/mol. The van der Waals surface area contributed by atoms with Crippen LogP contribution in [-0.4, -0.2) is 107 Å². The Morgan fingerprint density at radius 1 is 1.10 bits per heavy atom. The largest absolute Gasteiger partial charge is 0.497 e. The Hall–Kier alpha value is -5.19. The van der Waals surface area contributed by atoms with E-state index >= 15 is 0 Å². The van der Waals surface area contributed by atoms with Gasteiger partial charge >= 0.3 is 0 Å². The molecule has 58 heavy (non-hydrogen) atoms. The number of pyridine rings is 2. The number of methoxy groups -OCH3 is 1. The minimum absolute atomic E-state index is 0.0452. The van der Waals surface area contributed by atoms with Crippen molar-refractivity contribution >= 4 is 44.6 Å². The number of benzene rings is 1. The summed E-state index contributed by atoms with van der Waals surface area (Å²) in [7, 11) is -2.42. The van der Waals surface area contributed by atoms with Crippen LogP contribution in [0, 0.1) is 17.3 Å². The lowest BCUT2D eigenvalue weighted by Crippen LogP contribution is -2.57. The van der Waals surface area contributed by atoms with Gasteiger partial charge < -0.3 is 24.6 Å². The fourth-order valence-corrected chi connectivity index (χ4v) is 9.20. The molecule has 1 aromatic carbocycles. The van der Waals surface area contributed by atoms with Crippen molar-refractivity contribution in [2.75, 3.05) is 26.7 Å². The van der Waals surface area contributed by atoms with Crippen LogP contribution in [0.25, 0.3) is 22.3 Å². The first-order chi connectivity index (χ1) is 27.3. The molecule has 2 N–H and O–H groups in total. The van der Waals surface area contributed by atoms with E-state index < -0.39 is 92.7 Å². The van der Waals surface area contributed by atoms with E-state index in [0.29, 0.717) is 46.6 Å². The maximum atomic E-state index is 14.8. The van der Waals surface area contributed by atoms with Gasteiger partial charge in [0.25, 0.3) is 11.8 Å². The zero-order valence-electron chi connectivity index (χ0n) is 32.9. The summed E-state index contributed by atoms with van der Waals surface area (Å²) in [6.07, 6.45) is 2.36. The summed E-state index contributed by atoms with van der Waals surface area (Å²) in [4.78, 5) is 67.9. The van der Waals surface area contributed by atoms with Crippen molar-refractivity contribution < 1.29 is 45.9 Å². The van der Waals surface area contributed by atoms with Crippen LogP contribution in [0.2, 0.25) is 0 Å². The molecule has 17 heteroatoms. The van der Waals surface area contributed by atoms with Crippen molar-refractivity contribution in [3.05, 3.63) is 61.3 Å². The predicted octanol–water partition coefficient (Wildman–Crippen LogP) is 4.24. The Bertz CT molecular complexity index is 2250. The number of hydrogen-bond donors (Lipinski definition) is 2. The molecule has 3 aromatic rings. The highest BCUT2D eigenvalue weighted by Gasteiger charge is 2.62. The van der Waals surface area contributed by atoms with Crippen LogP contribution < -0.4 is 19.5 Å². The van der Waals surface area contributed by atoms with Gasteiger partial charge in [-0.1, -0.05) is 32.9 Å². The first-order valence-electron chi connectivity index (χ1n) is 19.4. The number of sulfonamides is 1. The van der Waals surface area contributed by atoms with Crippen LogP contribution in [0.15, 0.2) is 61.3 Å². The SMILES string of the molecule is C=CC1C[C@]1(NC(=O)[C@@H]1C[C@@H](Oc2cc(-c3ccccn3)nc3cc(OC)ccc23)CN1C(=O)[C@@H](CC(=O)N1CCC(F)(F)C1)C(C)(C)C)C(=O)NS(=O)(=O)C1CC1. The molecule has 2 saturated carbocycles. The average molecular weight is 823 g/mol. The fourth-order valence-electron chi connectivity index (χ4n) is 7.84. The van der Waals surface area contributed by atoms with E-state index in [1.165, 1.54) is 18.1 Å². The molecule has 4 aliphatic rings. The third kappa shape index (κ3) is 8.36. The number of halogens is 2. The monoisotopic (exact) mass is 822 g/mol. The molecular formula is C41H48F2N6O8S. The average Bonchev–Trinajstić information content (AvgIpc) is 4.09. The highest BCUT2D eigenvalue weighted by molar-refractivity contribution is 7.91. The van der Waals surface area contributed by atoms with Gasteiger partial charge in [-0.15, -0.1) is 6.58 Å². The highest BCUT2D eigenvalue weighted by atomic mass is 32.2. The Morgan fingerprint density at radius 3 is 2.47 bits per heavy atom. The molecule has 310 valence electrons. The normalized spacial score (nSPS) is 24.6. The van der Waals surface area contributed by atoms with Gasteiger partial charge in [-0.05, 0) is 48.9 Å². The third-order valence-corrected chi connectivity index (χ3v) is 13.4. The van der Waals surface area contributed by atoms with Crippen LogP contribution in [0.5, 0.6) is 11.5 Å². The number of rotatable bonds is 13. The molecule has 0 spiro atoms. The molecule has 2 aromatic heterocycles. The molecule has 2 saturated heterocycles. The zero-order chi connectivity index (χ0) is 41.8. The summed E-state index contributed by atoms with van der Waals surface area (Å²) in [6.45, 7) is 8.06. The van der Waals surface area contributed by atoms with Crippen molar-refractivity contribution in [2.45, 2.75) is 88.2 Å². The summed E-state index contributed by atoms with van der Waals surface area (Å²) in [6, 6.07) is 11.2. The minimum atomic E-state index is -3.95.